The van der Waals surface area contributed by atoms with Crippen LogP contribution in [0.2, 0.25) is 0 Å². The highest BCUT2D eigenvalue weighted by molar-refractivity contribution is 5.60. The summed E-state index contributed by atoms with van der Waals surface area (Å²) in [6, 6.07) is 9.99. The lowest BCUT2D eigenvalue weighted by molar-refractivity contribution is 0.275. The fourth-order valence-electron chi connectivity index (χ4n) is 1.32. The van der Waals surface area contributed by atoms with Crippen LogP contribution in [0.15, 0.2) is 42.9 Å². The Morgan fingerprint density at radius 2 is 2.07 bits per heavy atom. The molecule has 0 spiro atoms. The number of imidazole rings is 1. The molecule has 1 heterocycles. The van der Waals surface area contributed by atoms with Crippen molar-refractivity contribution in [2.45, 2.75) is 6.61 Å². The predicted molar refractivity (Wildman–Crippen MR) is 59.8 cm³/mol. The summed E-state index contributed by atoms with van der Waals surface area (Å²) in [5.41, 5.74) is 1.90. The molecule has 0 bridgehead atoms. The molecule has 1 N–H and O–H groups in total. The molecule has 0 amide bonds. The van der Waals surface area contributed by atoms with Gasteiger partial charge in [0.25, 0.3) is 0 Å². The highest BCUT2D eigenvalue weighted by Gasteiger charge is 1.95. The van der Waals surface area contributed by atoms with E-state index >= 15 is 0 Å². The number of aliphatic hydroxyl groups is 1. The van der Waals surface area contributed by atoms with E-state index in [-0.39, 0.29) is 6.61 Å². The molecule has 0 fully saturated rings. The molecular formula is C12H12N2O. The molecule has 0 radical (unpaired) electrons. The number of aromatic nitrogens is 2. The largest absolute Gasteiger partial charge is 0.390 e. The Bertz CT molecular complexity index is 446. The molecule has 0 atom stereocenters. The van der Waals surface area contributed by atoms with E-state index in [0.29, 0.717) is 0 Å². The van der Waals surface area contributed by atoms with Gasteiger partial charge in [0.15, 0.2) is 0 Å². The van der Waals surface area contributed by atoms with Gasteiger partial charge in [-0.2, -0.15) is 0 Å². The minimum absolute atomic E-state index is 0.000863. The van der Waals surface area contributed by atoms with Crippen LogP contribution in [-0.2, 0) is 6.61 Å². The molecule has 0 aliphatic carbocycles. The number of benzene rings is 1. The van der Waals surface area contributed by atoms with Crippen molar-refractivity contribution in [2.75, 3.05) is 0 Å². The first-order valence-corrected chi connectivity index (χ1v) is 4.75. The van der Waals surface area contributed by atoms with Crippen LogP contribution in [-0.4, -0.2) is 14.7 Å². The molecule has 0 saturated carbocycles. The van der Waals surface area contributed by atoms with Gasteiger partial charge < -0.3 is 9.67 Å². The number of nitrogens with zero attached hydrogens (tertiary/aromatic N) is 2. The lowest BCUT2D eigenvalue weighted by Crippen LogP contribution is -1.91. The Kier molecular flexibility index (Phi) is 2.95. The average Bonchev–Trinajstić information content (AvgIpc) is 2.75. The third-order valence-corrected chi connectivity index (χ3v) is 2.14. The van der Waals surface area contributed by atoms with Crippen molar-refractivity contribution in [3.63, 3.8) is 0 Å². The van der Waals surface area contributed by atoms with Crippen molar-refractivity contribution >= 4 is 12.3 Å². The summed E-state index contributed by atoms with van der Waals surface area (Å²) in [6.45, 7) is -0.000863. The van der Waals surface area contributed by atoms with Crippen LogP contribution in [0, 0.1) is 0 Å². The highest BCUT2D eigenvalue weighted by Crippen LogP contribution is 2.05. The number of hydrogen-bond donors (Lipinski definition) is 1. The van der Waals surface area contributed by atoms with Crippen molar-refractivity contribution in [1.82, 2.24) is 9.55 Å². The van der Waals surface area contributed by atoms with Crippen LogP contribution in [0.4, 0.5) is 0 Å². The fraction of sp³-hybridized carbons (Fsp3) is 0.0833. The smallest absolute Gasteiger partial charge is 0.0990 e. The zero-order chi connectivity index (χ0) is 10.5. The Morgan fingerprint density at radius 1 is 1.27 bits per heavy atom. The Morgan fingerprint density at radius 3 is 2.80 bits per heavy atom. The minimum Gasteiger partial charge on any atom is -0.390 e. The molecule has 15 heavy (non-hydrogen) atoms. The number of aliphatic hydroxyl groups excluding tert-OH is 1. The van der Waals surface area contributed by atoms with E-state index < -0.39 is 0 Å². The predicted octanol–water partition coefficient (Wildman–Crippen LogP) is 2.00. The normalized spacial score (nSPS) is 11.0. The molecule has 76 valence electrons. The van der Waals surface area contributed by atoms with Gasteiger partial charge in [0.05, 0.1) is 24.8 Å². The van der Waals surface area contributed by atoms with Crippen molar-refractivity contribution in [3.05, 3.63) is 54.1 Å². The third-order valence-electron chi connectivity index (χ3n) is 2.14. The molecule has 0 saturated heterocycles. The van der Waals surface area contributed by atoms with Gasteiger partial charge in [0.1, 0.15) is 0 Å². The summed E-state index contributed by atoms with van der Waals surface area (Å²) in [6.07, 6.45) is 7.18. The molecule has 0 unspecified atom stereocenters. The molecule has 3 heteroatoms. The standard InChI is InChI=1S/C12H12N2O/c15-9-12-8-13-10-14(12)7-6-11-4-2-1-3-5-11/h1-8,10,15H,9H2. The second-order valence-corrected chi connectivity index (χ2v) is 3.18. The second kappa shape index (κ2) is 4.57. The van der Waals surface area contributed by atoms with E-state index in [9.17, 15) is 0 Å². The number of hydrogen-bond acceptors (Lipinski definition) is 2. The Hall–Kier alpha value is -1.87. The van der Waals surface area contributed by atoms with Gasteiger partial charge in [0.2, 0.25) is 0 Å². The maximum atomic E-state index is 9.01. The van der Waals surface area contributed by atoms with E-state index in [1.807, 2.05) is 42.6 Å². The topological polar surface area (TPSA) is 38.1 Å². The van der Waals surface area contributed by atoms with Gasteiger partial charge in [-0.25, -0.2) is 4.98 Å². The van der Waals surface area contributed by atoms with E-state index in [0.717, 1.165) is 11.3 Å². The maximum absolute atomic E-state index is 9.01. The molecule has 2 aromatic rings. The molecule has 1 aromatic heterocycles. The summed E-state index contributed by atoms with van der Waals surface area (Å²) in [7, 11) is 0. The summed E-state index contributed by atoms with van der Waals surface area (Å²) in [5, 5.41) is 9.01. The van der Waals surface area contributed by atoms with E-state index in [2.05, 4.69) is 4.98 Å². The van der Waals surface area contributed by atoms with Crippen LogP contribution in [0.5, 0.6) is 0 Å². The second-order valence-electron chi connectivity index (χ2n) is 3.18. The van der Waals surface area contributed by atoms with Gasteiger partial charge in [-0.1, -0.05) is 30.3 Å². The molecule has 0 aliphatic rings. The van der Waals surface area contributed by atoms with Crippen LogP contribution in [0.1, 0.15) is 11.3 Å². The molecule has 0 aliphatic heterocycles. The SMILES string of the molecule is OCc1cncn1C=Cc1ccccc1. The summed E-state index contributed by atoms with van der Waals surface area (Å²) in [4.78, 5) is 3.96. The summed E-state index contributed by atoms with van der Waals surface area (Å²) < 4.78 is 1.80. The first-order chi connectivity index (χ1) is 7.40. The first-order valence-electron chi connectivity index (χ1n) is 4.75. The lowest BCUT2D eigenvalue weighted by Gasteiger charge is -1.98. The van der Waals surface area contributed by atoms with Gasteiger partial charge in [0, 0.05) is 6.20 Å². The monoisotopic (exact) mass is 200 g/mol. The van der Waals surface area contributed by atoms with Crippen molar-refractivity contribution in [2.24, 2.45) is 0 Å². The van der Waals surface area contributed by atoms with Gasteiger partial charge in [-0.15, -0.1) is 0 Å². The highest BCUT2D eigenvalue weighted by atomic mass is 16.3. The number of rotatable bonds is 3. The third kappa shape index (κ3) is 2.33. The van der Waals surface area contributed by atoms with Crippen LogP contribution in [0.3, 0.4) is 0 Å². The van der Waals surface area contributed by atoms with Crippen molar-refractivity contribution in [3.8, 4) is 0 Å². The minimum atomic E-state index is -0.000863. The Balaban J connectivity index is 2.19. The van der Waals surface area contributed by atoms with Crippen LogP contribution in [0.25, 0.3) is 12.3 Å². The summed E-state index contributed by atoms with van der Waals surface area (Å²) >= 11 is 0. The van der Waals surface area contributed by atoms with Gasteiger partial charge in [-0.05, 0) is 11.6 Å². The van der Waals surface area contributed by atoms with Crippen LogP contribution < -0.4 is 0 Å². The molecule has 3 nitrogen and oxygen atoms in total. The fourth-order valence-corrected chi connectivity index (χ4v) is 1.32. The zero-order valence-corrected chi connectivity index (χ0v) is 8.24. The van der Waals surface area contributed by atoms with Crippen LogP contribution >= 0.6 is 0 Å². The molecule has 2 rings (SSSR count). The van der Waals surface area contributed by atoms with E-state index in [1.165, 1.54) is 0 Å². The van der Waals surface area contributed by atoms with Crippen molar-refractivity contribution < 1.29 is 5.11 Å². The summed E-state index contributed by atoms with van der Waals surface area (Å²) in [5.74, 6) is 0. The van der Waals surface area contributed by atoms with E-state index in [4.69, 9.17) is 5.11 Å². The quantitative estimate of drug-likeness (QED) is 0.823. The molecular weight excluding hydrogens is 188 g/mol. The molecule has 1 aromatic carbocycles. The van der Waals surface area contributed by atoms with Gasteiger partial charge >= 0.3 is 0 Å². The van der Waals surface area contributed by atoms with Gasteiger partial charge in [-0.3, -0.25) is 0 Å². The lowest BCUT2D eigenvalue weighted by atomic mass is 10.2. The van der Waals surface area contributed by atoms with Crippen molar-refractivity contribution in [1.29, 1.82) is 0 Å². The van der Waals surface area contributed by atoms with E-state index in [1.54, 1.807) is 17.1 Å². The maximum Gasteiger partial charge on any atom is 0.0990 e. The first kappa shape index (κ1) is 9.68. The zero-order valence-electron chi connectivity index (χ0n) is 8.24. The Labute approximate surface area is 88.3 Å². The average molecular weight is 200 g/mol.